The highest BCUT2D eigenvalue weighted by Gasteiger charge is 2.09. The maximum Gasteiger partial charge on any atom is 0.232 e. The molecule has 0 bridgehead atoms. The van der Waals surface area contributed by atoms with Gasteiger partial charge in [0.25, 0.3) is 0 Å². The topological polar surface area (TPSA) is 43.4 Å². The predicted octanol–water partition coefficient (Wildman–Crippen LogP) is 5.15. The second-order valence-electron chi connectivity index (χ2n) is 4.20. The number of ether oxygens (including phenoxy) is 1. The first-order chi connectivity index (χ1) is 9.29. The van der Waals surface area contributed by atoms with Crippen LogP contribution in [0.2, 0.25) is 15.1 Å². The first-order valence-electron chi connectivity index (χ1n) is 5.99. The van der Waals surface area contributed by atoms with Crippen LogP contribution in [0, 0.1) is 0 Å². The third-order valence-corrected chi connectivity index (χ3v) is 4.51. The van der Waals surface area contributed by atoms with E-state index in [2.05, 4.69) is 0 Å². The summed E-state index contributed by atoms with van der Waals surface area (Å²) in [5.41, 5.74) is 0. The van der Waals surface area contributed by atoms with Crippen molar-refractivity contribution >= 4 is 54.5 Å². The van der Waals surface area contributed by atoms with Gasteiger partial charge in [-0.1, -0.05) is 47.6 Å². The van der Waals surface area contributed by atoms with Crippen molar-refractivity contribution in [1.82, 2.24) is 0 Å². The van der Waals surface area contributed by atoms with Crippen LogP contribution >= 0.6 is 45.5 Å². The van der Waals surface area contributed by atoms with Gasteiger partial charge in [-0.25, -0.2) is 8.42 Å². The molecule has 0 fully saturated rings. The molecule has 0 atom stereocenters. The van der Waals surface area contributed by atoms with Crippen molar-refractivity contribution < 1.29 is 13.2 Å². The minimum absolute atomic E-state index is 0.00422. The minimum atomic E-state index is -3.38. The quantitative estimate of drug-likeness (QED) is 0.463. The molecule has 20 heavy (non-hydrogen) atoms. The zero-order valence-electron chi connectivity index (χ0n) is 10.5. The van der Waals surface area contributed by atoms with Gasteiger partial charge in [-0.05, 0) is 25.0 Å². The fourth-order valence-electron chi connectivity index (χ4n) is 1.57. The van der Waals surface area contributed by atoms with E-state index in [4.69, 9.17) is 50.2 Å². The fraction of sp³-hybridized carbons (Fsp3) is 0.500. The molecule has 0 radical (unpaired) electrons. The van der Waals surface area contributed by atoms with E-state index in [0.29, 0.717) is 33.8 Å². The molecule has 1 aromatic carbocycles. The minimum Gasteiger partial charge on any atom is -0.490 e. The van der Waals surface area contributed by atoms with E-state index in [9.17, 15) is 8.42 Å². The number of halogens is 4. The molecule has 0 saturated carbocycles. The second kappa shape index (κ2) is 8.54. The largest absolute Gasteiger partial charge is 0.490 e. The van der Waals surface area contributed by atoms with E-state index < -0.39 is 9.05 Å². The van der Waals surface area contributed by atoms with Crippen molar-refractivity contribution in [3.8, 4) is 5.75 Å². The molecule has 0 spiro atoms. The summed E-state index contributed by atoms with van der Waals surface area (Å²) in [5.74, 6) is 0.422. The summed E-state index contributed by atoms with van der Waals surface area (Å²) in [6.45, 7) is 0.453. The Balaban J connectivity index is 2.25. The van der Waals surface area contributed by atoms with Crippen LogP contribution in [0.1, 0.15) is 25.7 Å². The Morgan fingerprint density at radius 2 is 1.50 bits per heavy atom. The zero-order valence-corrected chi connectivity index (χ0v) is 14.4. The molecule has 0 aliphatic heterocycles. The summed E-state index contributed by atoms with van der Waals surface area (Å²) >= 11 is 17.7. The maximum atomic E-state index is 10.7. The molecule has 0 aliphatic carbocycles. The number of unbranched alkanes of at least 4 members (excludes halogenated alkanes) is 3. The van der Waals surface area contributed by atoms with Crippen LogP contribution in [0.3, 0.4) is 0 Å². The predicted molar refractivity (Wildman–Crippen MR) is 85.1 cm³/mol. The Hall–Kier alpha value is 0.130. The summed E-state index contributed by atoms with van der Waals surface area (Å²) in [4.78, 5) is 0. The Morgan fingerprint density at radius 3 is 2.05 bits per heavy atom. The molecule has 0 amide bonds. The van der Waals surface area contributed by atoms with Crippen molar-refractivity contribution in [1.29, 1.82) is 0 Å². The van der Waals surface area contributed by atoms with Crippen LogP contribution in [0.4, 0.5) is 0 Å². The van der Waals surface area contributed by atoms with Crippen molar-refractivity contribution in [2.24, 2.45) is 0 Å². The Kier molecular flexibility index (Phi) is 7.77. The van der Waals surface area contributed by atoms with Crippen molar-refractivity contribution in [3.05, 3.63) is 27.2 Å². The van der Waals surface area contributed by atoms with Crippen LogP contribution in [-0.2, 0) is 9.05 Å². The zero-order chi connectivity index (χ0) is 15.2. The van der Waals surface area contributed by atoms with Gasteiger partial charge in [-0.3, -0.25) is 0 Å². The highest BCUT2D eigenvalue weighted by Crippen LogP contribution is 2.35. The molecule has 0 unspecified atom stereocenters. The first-order valence-corrected chi connectivity index (χ1v) is 9.60. The van der Waals surface area contributed by atoms with E-state index in [0.717, 1.165) is 19.3 Å². The fourth-order valence-corrected chi connectivity index (χ4v) is 3.37. The first kappa shape index (κ1) is 18.2. The Labute approximate surface area is 138 Å². The SMILES string of the molecule is O=S(=O)(Cl)CCCCCCOc1c(Cl)cc(Cl)cc1Cl. The van der Waals surface area contributed by atoms with E-state index >= 15 is 0 Å². The molecule has 1 aromatic rings. The number of benzene rings is 1. The summed E-state index contributed by atoms with van der Waals surface area (Å²) < 4.78 is 26.9. The number of hydrogen-bond donors (Lipinski definition) is 0. The molecular weight excluding hydrogens is 366 g/mol. The average Bonchev–Trinajstić information content (AvgIpc) is 2.29. The lowest BCUT2D eigenvalue weighted by Gasteiger charge is -2.10. The average molecular weight is 380 g/mol. The normalized spacial score (nSPS) is 11.6. The van der Waals surface area contributed by atoms with E-state index in [-0.39, 0.29) is 5.75 Å². The van der Waals surface area contributed by atoms with Gasteiger partial charge in [0.15, 0.2) is 5.75 Å². The van der Waals surface area contributed by atoms with Crippen LogP contribution < -0.4 is 4.74 Å². The van der Waals surface area contributed by atoms with Gasteiger partial charge in [-0.2, -0.15) is 0 Å². The summed E-state index contributed by atoms with van der Waals surface area (Å²) in [6.07, 6.45) is 2.94. The maximum absolute atomic E-state index is 10.7. The molecule has 3 nitrogen and oxygen atoms in total. The summed E-state index contributed by atoms with van der Waals surface area (Å²) in [6, 6.07) is 3.13. The standard InChI is InChI=1S/C12H14Cl4O3S/c13-9-7-10(14)12(11(15)8-9)19-5-3-1-2-4-6-20(16,17)18/h7-8H,1-6H2. The smallest absolute Gasteiger partial charge is 0.232 e. The van der Waals surface area contributed by atoms with Crippen LogP contribution in [0.25, 0.3) is 0 Å². The lowest BCUT2D eigenvalue weighted by atomic mass is 10.2. The van der Waals surface area contributed by atoms with Crippen LogP contribution in [0.15, 0.2) is 12.1 Å². The van der Waals surface area contributed by atoms with Crippen molar-refractivity contribution in [2.45, 2.75) is 25.7 Å². The van der Waals surface area contributed by atoms with Crippen molar-refractivity contribution in [3.63, 3.8) is 0 Å². The summed E-state index contributed by atoms with van der Waals surface area (Å²) in [5, 5.41) is 1.20. The summed E-state index contributed by atoms with van der Waals surface area (Å²) in [7, 11) is 1.73. The lowest BCUT2D eigenvalue weighted by Crippen LogP contribution is -2.00. The lowest BCUT2D eigenvalue weighted by molar-refractivity contribution is 0.305. The van der Waals surface area contributed by atoms with Gasteiger partial charge in [-0.15, -0.1) is 0 Å². The number of rotatable bonds is 8. The molecule has 114 valence electrons. The van der Waals surface area contributed by atoms with Gasteiger partial charge >= 0.3 is 0 Å². The van der Waals surface area contributed by atoms with Gasteiger partial charge < -0.3 is 4.74 Å². The van der Waals surface area contributed by atoms with E-state index in [1.807, 2.05) is 0 Å². The van der Waals surface area contributed by atoms with Crippen molar-refractivity contribution in [2.75, 3.05) is 12.4 Å². The van der Waals surface area contributed by atoms with Gasteiger partial charge in [0.1, 0.15) is 0 Å². The molecule has 0 aliphatic rings. The van der Waals surface area contributed by atoms with Crippen LogP contribution in [0.5, 0.6) is 5.75 Å². The monoisotopic (exact) mass is 378 g/mol. The third kappa shape index (κ3) is 7.23. The second-order valence-corrected chi connectivity index (χ2v) is 8.35. The molecule has 0 saturated heterocycles. The molecule has 1 rings (SSSR count). The molecule has 8 heteroatoms. The highest BCUT2D eigenvalue weighted by atomic mass is 35.7. The number of hydrogen-bond acceptors (Lipinski definition) is 3. The Bertz CT molecular complexity index is 523. The molecular formula is C12H14Cl4O3S. The Morgan fingerprint density at radius 1 is 0.950 bits per heavy atom. The van der Waals surface area contributed by atoms with Gasteiger partial charge in [0.05, 0.1) is 22.4 Å². The van der Waals surface area contributed by atoms with Gasteiger partial charge in [0, 0.05) is 15.7 Å². The van der Waals surface area contributed by atoms with Gasteiger partial charge in [0.2, 0.25) is 9.05 Å². The van der Waals surface area contributed by atoms with Crippen LogP contribution in [-0.4, -0.2) is 20.8 Å². The third-order valence-electron chi connectivity index (χ3n) is 2.49. The van der Waals surface area contributed by atoms with E-state index in [1.165, 1.54) is 0 Å². The highest BCUT2D eigenvalue weighted by molar-refractivity contribution is 8.13. The molecule has 0 aromatic heterocycles. The molecule has 0 heterocycles. The van der Waals surface area contributed by atoms with E-state index in [1.54, 1.807) is 12.1 Å². The molecule has 0 N–H and O–H groups in total.